The zero-order valence-corrected chi connectivity index (χ0v) is 22.0. The molecule has 8 heteroatoms. The monoisotopic (exact) mass is 495 g/mol. The lowest BCUT2D eigenvalue weighted by Gasteiger charge is -2.42. The van der Waals surface area contributed by atoms with Gasteiger partial charge >= 0.3 is 6.09 Å². The number of nitrogens with zero attached hydrogens (tertiary/aromatic N) is 1. The first kappa shape index (κ1) is 27.0. The summed E-state index contributed by atoms with van der Waals surface area (Å²) in [4.78, 5) is 41.2. The van der Waals surface area contributed by atoms with Crippen LogP contribution in [0.3, 0.4) is 0 Å². The van der Waals surface area contributed by atoms with E-state index >= 15 is 0 Å². The van der Waals surface area contributed by atoms with E-state index < -0.39 is 17.7 Å². The predicted molar refractivity (Wildman–Crippen MR) is 139 cm³/mol. The number of anilines is 1. The van der Waals surface area contributed by atoms with E-state index in [4.69, 9.17) is 9.47 Å². The molecule has 0 saturated heterocycles. The van der Waals surface area contributed by atoms with Crippen molar-refractivity contribution in [2.45, 2.75) is 71.6 Å². The number of benzene rings is 2. The largest absolute Gasteiger partial charge is 0.497 e. The molecule has 0 spiro atoms. The van der Waals surface area contributed by atoms with Crippen molar-refractivity contribution >= 4 is 23.6 Å². The van der Waals surface area contributed by atoms with Gasteiger partial charge in [0.05, 0.1) is 7.11 Å². The van der Waals surface area contributed by atoms with Gasteiger partial charge < -0.3 is 25.0 Å². The van der Waals surface area contributed by atoms with Gasteiger partial charge in [0.2, 0.25) is 5.91 Å². The lowest BCUT2D eigenvalue weighted by atomic mass is 9.87. The maximum atomic E-state index is 13.8. The third-order valence-electron chi connectivity index (χ3n) is 6.14. The molecule has 0 heterocycles. The molecule has 1 atom stereocenters. The molecule has 0 bridgehead atoms. The number of carbonyl (C=O) groups is 3. The van der Waals surface area contributed by atoms with Crippen molar-refractivity contribution in [1.82, 2.24) is 10.2 Å². The molecule has 0 radical (unpaired) electrons. The van der Waals surface area contributed by atoms with Crippen molar-refractivity contribution in [1.29, 1.82) is 0 Å². The average molecular weight is 496 g/mol. The first-order valence-electron chi connectivity index (χ1n) is 12.3. The van der Waals surface area contributed by atoms with Crippen molar-refractivity contribution in [3.05, 3.63) is 59.2 Å². The summed E-state index contributed by atoms with van der Waals surface area (Å²) >= 11 is 0. The minimum absolute atomic E-state index is 0.0924. The molecule has 2 aromatic rings. The number of methoxy groups -OCH3 is 1. The highest BCUT2D eigenvalue weighted by atomic mass is 16.6. The third-order valence-corrected chi connectivity index (χ3v) is 6.14. The molecule has 0 aromatic heterocycles. The van der Waals surface area contributed by atoms with E-state index in [1.54, 1.807) is 57.0 Å². The van der Waals surface area contributed by atoms with Crippen molar-refractivity contribution < 1.29 is 23.9 Å². The molecule has 1 aliphatic rings. The number of hydrogen-bond acceptors (Lipinski definition) is 5. The normalized spacial score (nSPS) is 14.3. The lowest BCUT2D eigenvalue weighted by Crippen LogP contribution is -2.53. The maximum Gasteiger partial charge on any atom is 0.408 e. The minimum atomic E-state index is -0.856. The Kier molecular flexibility index (Phi) is 8.61. The third kappa shape index (κ3) is 6.99. The number of nitrogens with one attached hydrogen (secondary N) is 2. The number of hydrogen-bond donors (Lipinski definition) is 2. The van der Waals surface area contributed by atoms with E-state index in [2.05, 4.69) is 10.6 Å². The van der Waals surface area contributed by atoms with Crippen LogP contribution >= 0.6 is 0 Å². The molecule has 1 aliphatic carbocycles. The van der Waals surface area contributed by atoms with Gasteiger partial charge in [-0.25, -0.2) is 4.79 Å². The summed E-state index contributed by atoms with van der Waals surface area (Å²) in [6, 6.07) is 12.0. The van der Waals surface area contributed by atoms with Gasteiger partial charge in [0, 0.05) is 11.7 Å². The van der Waals surface area contributed by atoms with Crippen LogP contribution in [-0.2, 0) is 14.3 Å². The summed E-state index contributed by atoms with van der Waals surface area (Å²) in [7, 11) is 1.58. The van der Waals surface area contributed by atoms with Gasteiger partial charge in [-0.1, -0.05) is 23.8 Å². The molecule has 8 nitrogen and oxygen atoms in total. The first-order valence-corrected chi connectivity index (χ1v) is 12.3. The van der Waals surface area contributed by atoms with Crippen LogP contribution in [0.4, 0.5) is 10.5 Å². The smallest absolute Gasteiger partial charge is 0.408 e. The molecular formula is C28H37N3O5. The summed E-state index contributed by atoms with van der Waals surface area (Å²) in [6.45, 7) is 8.95. The van der Waals surface area contributed by atoms with Gasteiger partial charge in [-0.3, -0.25) is 9.59 Å². The van der Waals surface area contributed by atoms with Crippen LogP contribution in [0, 0.1) is 13.8 Å². The van der Waals surface area contributed by atoms with Crippen molar-refractivity contribution in [3.63, 3.8) is 0 Å². The van der Waals surface area contributed by atoms with Crippen LogP contribution in [0.5, 0.6) is 5.75 Å². The van der Waals surface area contributed by atoms with Gasteiger partial charge in [0.1, 0.15) is 23.9 Å². The Labute approximate surface area is 213 Å². The maximum absolute atomic E-state index is 13.8. The zero-order chi connectivity index (χ0) is 26.5. The van der Waals surface area contributed by atoms with E-state index in [0.717, 1.165) is 36.0 Å². The van der Waals surface area contributed by atoms with Gasteiger partial charge in [-0.15, -0.1) is 0 Å². The molecule has 1 saturated carbocycles. The zero-order valence-electron chi connectivity index (χ0n) is 22.0. The molecule has 36 heavy (non-hydrogen) atoms. The summed E-state index contributed by atoms with van der Waals surface area (Å²) < 4.78 is 10.5. The van der Waals surface area contributed by atoms with Crippen LogP contribution in [0.2, 0.25) is 0 Å². The Bertz CT molecular complexity index is 1090. The second-order valence-electron chi connectivity index (χ2n) is 10.2. The molecule has 3 rings (SSSR count). The van der Waals surface area contributed by atoms with Gasteiger partial charge in [-0.2, -0.15) is 0 Å². The van der Waals surface area contributed by atoms with E-state index in [1.165, 1.54) is 0 Å². The predicted octanol–water partition coefficient (Wildman–Crippen LogP) is 4.90. The molecule has 3 amide bonds. The minimum Gasteiger partial charge on any atom is -0.497 e. The first-order chi connectivity index (χ1) is 17.0. The molecule has 1 unspecified atom stereocenters. The average Bonchev–Trinajstić information content (AvgIpc) is 2.76. The molecule has 2 N–H and O–H groups in total. The topological polar surface area (TPSA) is 97.0 Å². The number of aryl methyl sites for hydroxylation is 2. The summed E-state index contributed by atoms with van der Waals surface area (Å²) in [5, 5.41) is 5.52. The second-order valence-corrected chi connectivity index (χ2v) is 10.2. The number of carbonyl (C=O) groups excluding carboxylic acids is 3. The number of ether oxygens (including phenoxy) is 2. The van der Waals surface area contributed by atoms with E-state index in [9.17, 15) is 14.4 Å². The second kappa shape index (κ2) is 11.5. The Balaban J connectivity index is 1.91. The molecule has 194 valence electrons. The van der Waals surface area contributed by atoms with Crippen LogP contribution in [0.25, 0.3) is 0 Å². The summed E-state index contributed by atoms with van der Waals surface area (Å²) in [5.41, 5.74) is 2.66. The highest BCUT2D eigenvalue weighted by Gasteiger charge is 2.39. The molecule has 2 aromatic carbocycles. The Morgan fingerprint density at radius 1 is 1.06 bits per heavy atom. The lowest BCUT2D eigenvalue weighted by molar-refractivity contribution is -0.143. The summed E-state index contributed by atoms with van der Waals surface area (Å²) in [5.74, 6) is 0.0310. The summed E-state index contributed by atoms with van der Waals surface area (Å²) in [6.07, 6.45) is 1.91. The number of rotatable bonds is 8. The fraction of sp³-hybridized carbons (Fsp3) is 0.464. The Hall–Kier alpha value is -3.55. The van der Waals surface area contributed by atoms with E-state index in [-0.39, 0.29) is 24.4 Å². The number of alkyl carbamates (subject to hydrolysis) is 1. The number of amides is 3. The van der Waals surface area contributed by atoms with Crippen LogP contribution in [0.1, 0.15) is 62.8 Å². The van der Waals surface area contributed by atoms with Crippen LogP contribution in [0.15, 0.2) is 42.5 Å². The fourth-order valence-electron chi connectivity index (χ4n) is 4.21. The van der Waals surface area contributed by atoms with Crippen molar-refractivity contribution in [2.24, 2.45) is 0 Å². The quantitative estimate of drug-likeness (QED) is 0.543. The van der Waals surface area contributed by atoms with Crippen molar-refractivity contribution in [2.75, 3.05) is 19.0 Å². The Morgan fingerprint density at radius 3 is 2.25 bits per heavy atom. The van der Waals surface area contributed by atoms with Crippen LogP contribution < -0.4 is 15.4 Å². The van der Waals surface area contributed by atoms with Gasteiger partial charge in [-0.05, 0) is 89.3 Å². The highest BCUT2D eigenvalue weighted by molar-refractivity contribution is 5.98. The molecular weight excluding hydrogens is 458 g/mol. The van der Waals surface area contributed by atoms with E-state index in [0.29, 0.717) is 11.4 Å². The van der Waals surface area contributed by atoms with E-state index in [1.807, 2.05) is 32.0 Å². The molecule has 1 fully saturated rings. The standard InChI is InChI=1S/C28H37N3O5/c1-18-10-15-23(19(2)16-18)25(26(33)30-20-11-13-22(35-6)14-12-20)31(21-8-7-9-21)24(32)17-29-27(34)36-28(3,4)5/h10-16,21,25H,7-9,17H2,1-6H3,(H,29,34)(H,30,33). The SMILES string of the molecule is COc1ccc(NC(=O)C(c2ccc(C)cc2C)N(C(=O)CNC(=O)OC(C)(C)C)C2CCC2)cc1. The highest BCUT2D eigenvalue weighted by Crippen LogP contribution is 2.35. The molecule has 0 aliphatic heterocycles. The van der Waals surface area contributed by atoms with Crippen LogP contribution in [-0.4, -0.2) is 48.1 Å². The fourth-order valence-corrected chi connectivity index (χ4v) is 4.21. The Morgan fingerprint density at radius 2 is 1.72 bits per heavy atom. The van der Waals surface area contributed by atoms with Crippen molar-refractivity contribution in [3.8, 4) is 5.75 Å². The van der Waals surface area contributed by atoms with Gasteiger partial charge in [0.15, 0.2) is 0 Å². The van der Waals surface area contributed by atoms with Gasteiger partial charge in [0.25, 0.3) is 5.91 Å².